The smallest absolute Gasteiger partial charge is 0.297 e. The molecule has 0 N–H and O–H groups in total. The van der Waals surface area contributed by atoms with Gasteiger partial charge in [-0.25, -0.2) is 4.98 Å². The highest BCUT2D eigenvalue weighted by Gasteiger charge is 2.52. The van der Waals surface area contributed by atoms with Gasteiger partial charge in [-0.05, 0) is 19.9 Å². The van der Waals surface area contributed by atoms with Gasteiger partial charge in [0, 0.05) is 17.3 Å². The summed E-state index contributed by atoms with van der Waals surface area (Å²) >= 11 is 12.2. The molecular formula is C18H13Cl2F2N3. The summed E-state index contributed by atoms with van der Waals surface area (Å²) in [6, 6.07) is 8.05. The van der Waals surface area contributed by atoms with E-state index < -0.39 is 11.5 Å². The number of alkyl halides is 2. The van der Waals surface area contributed by atoms with Gasteiger partial charge >= 0.3 is 0 Å². The van der Waals surface area contributed by atoms with E-state index in [4.69, 9.17) is 23.2 Å². The van der Waals surface area contributed by atoms with Crippen molar-refractivity contribution in [2.45, 2.75) is 25.3 Å². The Balaban J connectivity index is 2.03. The van der Waals surface area contributed by atoms with Gasteiger partial charge in [0.1, 0.15) is 10.6 Å². The standard InChI is InChI=1S/C18H13Cl2F2N3/c1-17(2)18(21,22)11-6-4-3-5-10(11)15(24-17)13-9-23-16-14(20)12(19)7-8-25(13)16/h3-9H,1-2H3. The van der Waals surface area contributed by atoms with E-state index in [1.807, 2.05) is 0 Å². The van der Waals surface area contributed by atoms with Crippen molar-refractivity contribution in [3.05, 3.63) is 69.6 Å². The van der Waals surface area contributed by atoms with Gasteiger partial charge in [-0.2, -0.15) is 8.78 Å². The largest absolute Gasteiger partial charge is 0.297 e. The van der Waals surface area contributed by atoms with Gasteiger partial charge in [-0.1, -0.05) is 47.5 Å². The van der Waals surface area contributed by atoms with Crippen LogP contribution in [-0.4, -0.2) is 20.6 Å². The Morgan fingerprint density at radius 2 is 1.80 bits per heavy atom. The molecule has 3 nitrogen and oxygen atoms in total. The first-order valence-electron chi connectivity index (χ1n) is 7.63. The highest BCUT2D eigenvalue weighted by molar-refractivity contribution is 6.43. The monoisotopic (exact) mass is 379 g/mol. The maximum atomic E-state index is 14.9. The van der Waals surface area contributed by atoms with Crippen molar-refractivity contribution in [1.82, 2.24) is 9.38 Å². The molecule has 2 aromatic heterocycles. The van der Waals surface area contributed by atoms with E-state index in [0.717, 1.165) is 0 Å². The second-order valence-corrected chi connectivity index (χ2v) is 7.24. The highest BCUT2D eigenvalue weighted by atomic mass is 35.5. The van der Waals surface area contributed by atoms with Crippen LogP contribution in [0.15, 0.2) is 47.7 Å². The Bertz CT molecular complexity index is 1040. The average molecular weight is 380 g/mol. The van der Waals surface area contributed by atoms with E-state index in [-0.39, 0.29) is 5.56 Å². The van der Waals surface area contributed by atoms with Crippen LogP contribution in [0.25, 0.3) is 5.65 Å². The molecule has 0 radical (unpaired) electrons. The fourth-order valence-corrected chi connectivity index (χ4v) is 3.41. The number of hydrogen-bond donors (Lipinski definition) is 0. The van der Waals surface area contributed by atoms with Gasteiger partial charge in [0.2, 0.25) is 0 Å². The van der Waals surface area contributed by atoms with Crippen molar-refractivity contribution in [1.29, 1.82) is 0 Å². The van der Waals surface area contributed by atoms with Gasteiger partial charge in [0.15, 0.2) is 5.65 Å². The van der Waals surface area contributed by atoms with Crippen LogP contribution in [0.2, 0.25) is 10.0 Å². The zero-order chi connectivity index (χ0) is 18.0. The first-order valence-corrected chi connectivity index (χ1v) is 8.38. The molecule has 0 amide bonds. The van der Waals surface area contributed by atoms with E-state index in [1.54, 1.807) is 41.1 Å². The Kier molecular flexibility index (Phi) is 3.47. The number of aliphatic imine (C=N–C) groups is 1. The Morgan fingerprint density at radius 1 is 1.08 bits per heavy atom. The zero-order valence-electron chi connectivity index (χ0n) is 13.4. The SMILES string of the molecule is CC1(C)N=C(c2cnc3c(Cl)c(Cl)ccn23)c2ccccc2C1(F)F. The summed E-state index contributed by atoms with van der Waals surface area (Å²) < 4.78 is 31.4. The van der Waals surface area contributed by atoms with Gasteiger partial charge in [-0.3, -0.25) is 9.39 Å². The molecule has 1 aromatic carbocycles. The topological polar surface area (TPSA) is 29.7 Å². The first kappa shape index (κ1) is 16.5. The molecule has 4 rings (SSSR count). The number of rotatable bonds is 1. The van der Waals surface area contributed by atoms with E-state index in [9.17, 15) is 8.78 Å². The minimum Gasteiger partial charge on any atom is -0.297 e. The molecule has 0 spiro atoms. The summed E-state index contributed by atoms with van der Waals surface area (Å²) in [4.78, 5) is 8.67. The summed E-state index contributed by atoms with van der Waals surface area (Å²) in [5.41, 5.74) is 0.262. The summed E-state index contributed by atoms with van der Waals surface area (Å²) in [5, 5.41) is 0.689. The normalized spacial score (nSPS) is 18.1. The number of fused-ring (bicyclic) bond motifs is 2. The Morgan fingerprint density at radius 3 is 2.56 bits per heavy atom. The summed E-state index contributed by atoms with van der Waals surface area (Å²) in [5.74, 6) is -3.07. The molecule has 0 atom stereocenters. The second kappa shape index (κ2) is 5.26. The molecule has 7 heteroatoms. The summed E-state index contributed by atoms with van der Waals surface area (Å²) in [6.45, 7) is 2.85. The Labute approximate surface area is 152 Å². The highest BCUT2D eigenvalue weighted by Crippen LogP contribution is 2.46. The van der Waals surface area contributed by atoms with E-state index in [2.05, 4.69) is 9.98 Å². The Hall–Kier alpha value is -1.98. The van der Waals surface area contributed by atoms with E-state index in [0.29, 0.717) is 32.7 Å². The van der Waals surface area contributed by atoms with Gasteiger partial charge in [0.05, 0.1) is 22.6 Å². The molecular weight excluding hydrogens is 367 g/mol. The first-order chi connectivity index (χ1) is 11.7. The van der Waals surface area contributed by atoms with E-state index >= 15 is 0 Å². The molecule has 3 heterocycles. The number of imidazole rings is 1. The molecule has 0 bridgehead atoms. The molecule has 0 saturated carbocycles. The predicted molar refractivity (Wildman–Crippen MR) is 95.3 cm³/mol. The lowest BCUT2D eigenvalue weighted by Gasteiger charge is -2.37. The lowest BCUT2D eigenvalue weighted by atomic mass is 9.82. The molecule has 0 aliphatic carbocycles. The molecule has 3 aromatic rings. The lowest BCUT2D eigenvalue weighted by molar-refractivity contribution is -0.0682. The molecule has 0 fully saturated rings. The van der Waals surface area contributed by atoms with Crippen molar-refractivity contribution < 1.29 is 8.78 Å². The third-order valence-electron chi connectivity index (χ3n) is 4.50. The van der Waals surface area contributed by atoms with E-state index in [1.165, 1.54) is 19.9 Å². The van der Waals surface area contributed by atoms with Crippen molar-refractivity contribution in [3.8, 4) is 0 Å². The van der Waals surface area contributed by atoms with Gasteiger partial charge < -0.3 is 0 Å². The summed E-state index contributed by atoms with van der Waals surface area (Å²) in [6.07, 6.45) is 3.28. The predicted octanol–water partition coefficient (Wildman–Crippen LogP) is 5.36. The molecule has 1 aliphatic rings. The number of aromatic nitrogens is 2. The van der Waals surface area contributed by atoms with Crippen LogP contribution in [0.3, 0.4) is 0 Å². The van der Waals surface area contributed by atoms with Crippen LogP contribution in [0, 0.1) is 0 Å². The third kappa shape index (κ3) is 2.22. The molecule has 1 aliphatic heterocycles. The minimum atomic E-state index is -3.07. The lowest BCUT2D eigenvalue weighted by Crippen LogP contribution is -2.44. The third-order valence-corrected chi connectivity index (χ3v) is 5.28. The van der Waals surface area contributed by atoms with Crippen LogP contribution in [0.4, 0.5) is 8.78 Å². The number of halogens is 4. The van der Waals surface area contributed by atoms with Crippen LogP contribution in [0.5, 0.6) is 0 Å². The number of hydrogen-bond acceptors (Lipinski definition) is 2. The van der Waals surface area contributed by atoms with Gasteiger partial charge in [0.25, 0.3) is 5.92 Å². The molecule has 0 saturated heterocycles. The number of nitrogens with zero attached hydrogens (tertiary/aromatic N) is 3. The van der Waals surface area contributed by atoms with Crippen LogP contribution in [-0.2, 0) is 5.92 Å². The van der Waals surface area contributed by atoms with Crippen molar-refractivity contribution in [2.75, 3.05) is 0 Å². The van der Waals surface area contributed by atoms with Crippen LogP contribution < -0.4 is 0 Å². The summed E-state index contributed by atoms with van der Waals surface area (Å²) in [7, 11) is 0. The average Bonchev–Trinajstić information content (AvgIpc) is 2.99. The molecule has 0 unspecified atom stereocenters. The van der Waals surface area contributed by atoms with Crippen LogP contribution in [0.1, 0.15) is 30.7 Å². The van der Waals surface area contributed by atoms with Crippen LogP contribution >= 0.6 is 23.2 Å². The maximum Gasteiger partial charge on any atom is 0.297 e. The zero-order valence-corrected chi connectivity index (χ0v) is 14.9. The van der Waals surface area contributed by atoms with Crippen molar-refractivity contribution in [3.63, 3.8) is 0 Å². The fourth-order valence-electron chi connectivity index (χ4n) is 3.07. The quantitative estimate of drug-likeness (QED) is 0.559. The van der Waals surface area contributed by atoms with Gasteiger partial charge in [-0.15, -0.1) is 0 Å². The van der Waals surface area contributed by atoms with Crippen molar-refractivity contribution in [2.24, 2.45) is 4.99 Å². The van der Waals surface area contributed by atoms with Crippen molar-refractivity contribution >= 4 is 34.6 Å². The minimum absolute atomic E-state index is 0.0417. The maximum absolute atomic E-state index is 14.9. The molecule has 25 heavy (non-hydrogen) atoms. The number of benzene rings is 1. The fraction of sp³-hybridized carbons (Fsp3) is 0.222. The second-order valence-electron chi connectivity index (χ2n) is 6.45. The molecule has 128 valence electrons. The number of pyridine rings is 1.